The second kappa shape index (κ2) is 9.13. The zero-order valence-electron chi connectivity index (χ0n) is 14.9. The fourth-order valence-corrected chi connectivity index (χ4v) is 3.81. The van der Waals surface area contributed by atoms with E-state index in [1.807, 2.05) is 12.1 Å². The number of carbonyl (C=O) groups excluding carboxylic acids is 1. The number of anilines is 1. The number of rotatable bonds is 7. The molecule has 3 rings (SSSR count). The van der Waals surface area contributed by atoms with E-state index in [1.54, 1.807) is 11.3 Å². The van der Waals surface area contributed by atoms with E-state index in [0.29, 0.717) is 6.42 Å². The molecule has 0 bridgehead atoms. The molecule has 1 aromatic carbocycles. The van der Waals surface area contributed by atoms with Crippen molar-refractivity contribution in [2.75, 3.05) is 45.1 Å². The molecule has 1 aromatic heterocycles. The summed E-state index contributed by atoms with van der Waals surface area (Å²) in [6, 6.07) is 12.3. The molecular weight excluding hydrogens is 330 g/mol. The van der Waals surface area contributed by atoms with Gasteiger partial charge in [0.25, 0.3) is 0 Å². The van der Waals surface area contributed by atoms with Gasteiger partial charge in [-0.2, -0.15) is 0 Å². The van der Waals surface area contributed by atoms with Gasteiger partial charge in [-0.3, -0.25) is 4.79 Å². The number of amides is 1. The number of likely N-dealkylation sites (N-methyl/N-ethyl adjacent to an activating group) is 1. The van der Waals surface area contributed by atoms with Gasteiger partial charge >= 0.3 is 0 Å². The molecule has 0 saturated carbocycles. The Balaban J connectivity index is 1.35. The van der Waals surface area contributed by atoms with Gasteiger partial charge in [0.1, 0.15) is 0 Å². The summed E-state index contributed by atoms with van der Waals surface area (Å²) in [7, 11) is 2.18. The Morgan fingerprint density at radius 3 is 2.52 bits per heavy atom. The van der Waals surface area contributed by atoms with Crippen LogP contribution >= 0.6 is 11.3 Å². The van der Waals surface area contributed by atoms with Crippen molar-refractivity contribution < 1.29 is 4.79 Å². The van der Waals surface area contributed by atoms with Gasteiger partial charge in [0, 0.05) is 43.2 Å². The third-order valence-corrected chi connectivity index (χ3v) is 5.62. The van der Waals surface area contributed by atoms with Gasteiger partial charge in [0.05, 0.1) is 0 Å². The lowest BCUT2D eigenvalue weighted by molar-refractivity contribution is -0.116. The van der Waals surface area contributed by atoms with Gasteiger partial charge in [-0.15, -0.1) is 11.3 Å². The molecule has 0 aliphatic carbocycles. The molecule has 0 spiro atoms. The van der Waals surface area contributed by atoms with Gasteiger partial charge < -0.3 is 15.1 Å². The van der Waals surface area contributed by atoms with E-state index in [1.165, 1.54) is 10.4 Å². The Bertz CT molecular complexity index is 646. The highest BCUT2D eigenvalue weighted by Gasteiger charge is 2.13. The minimum atomic E-state index is 0.113. The number of benzene rings is 1. The largest absolute Gasteiger partial charge is 0.326 e. The Kier molecular flexibility index (Phi) is 6.62. The Labute approximate surface area is 154 Å². The van der Waals surface area contributed by atoms with Crippen molar-refractivity contribution in [3.05, 3.63) is 41.8 Å². The Morgan fingerprint density at radius 2 is 1.84 bits per heavy atom. The van der Waals surface area contributed by atoms with E-state index in [0.717, 1.165) is 51.3 Å². The standard InChI is InChI=1S/C20H27N3OS/c1-22-12-14-23(15-13-22)11-3-2-6-20(24)21-18-9-7-17(8-10-18)19-5-4-16-25-19/h4-5,7-10,16H,2-3,6,11-15H2,1H3,(H,21,24). The predicted molar refractivity (Wildman–Crippen MR) is 106 cm³/mol. The minimum Gasteiger partial charge on any atom is -0.326 e. The van der Waals surface area contributed by atoms with Crippen LogP contribution in [-0.2, 0) is 4.79 Å². The highest BCUT2D eigenvalue weighted by atomic mass is 32.1. The maximum atomic E-state index is 12.1. The number of unbranched alkanes of at least 4 members (excludes halogenated alkanes) is 1. The smallest absolute Gasteiger partial charge is 0.224 e. The average Bonchev–Trinajstić information content (AvgIpc) is 3.15. The first kappa shape index (κ1) is 18.1. The molecule has 2 heterocycles. The fraction of sp³-hybridized carbons (Fsp3) is 0.450. The van der Waals surface area contributed by atoms with Crippen molar-refractivity contribution >= 4 is 22.9 Å². The molecule has 1 aliphatic rings. The summed E-state index contributed by atoms with van der Waals surface area (Å²) >= 11 is 1.73. The van der Waals surface area contributed by atoms with E-state index in [4.69, 9.17) is 0 Å². The summed E-state index contributed by atoms with van der Waals surface area (Å²) in [5, 5.41) is 5.08. The van der Waals surface area contributed by atoms with Crippen molar-refractivity contribution in [1.29, 1.82) is 0 Å². The normalized spacial score (nSPS) is 16.0. The fourth-order valence-electron chi connectivity index (χ4n) is 3.08. The third-order valence-electron chi connectivity index (χ3n) is 4.70. The molecule has 1 aliphatic heterocycles. The van der Waals surface area contributed by atoms with E-state index >= 15 is 0 Å². The summed E-state index contributed by atoms with van der Waals surface area (Å²) in [5.41, 5.74) is 2.07. The van der Waals surface area contributed by atoms with Crippen LogP contribution < -0.4 is 5.32 Å². The topological polar surface area (TPSA) is 35.6 Å². The summed E-state index contributed by atoms with van der Waals surface area (Å²) in [5.74, 6) is 0.113. The van der Waals surface area contributed by atoms with Gasteiger partial charge in [0.15, 0.2) is 0 Å². The molecular formula is C20H27N3OS. The highest BCUT2D eigenvalue weighted by Crippen LogP contribution is 2.25. The maximum Gasteiger partial charge on any atom is 0.224 e. The lowest BCUT2D eigenvalue weighted by atomic mass is 10.1. The second-order valence-electron chi connectivity index (χ2n) is 6.70. The molecule has 1 fully saturated rings. The van der Waals surface area contributed by atoms with Crippen LogP contribution in [-0.4, -0.2) is 55.5 Å². The molecule has 1 saturated heterocycles. The number of nitrogens with zero attached hydrogens (tertiary/aromatic N) is 2. The quantitative estimate of drug-likeness (QED) is 0.766. The van der Waals surface area contributed by atoms with Crippen molar-refractivity contribution in [2.24, 2.45) is 0 Å². The van der Waals surface area contributed by atoms with Crippen LogP contribution in [0.2, 0.25) is 0 Å². The van der Waals surface area contributed by atoms with E-state index in [9.17, 15) is 4.79 Å². The van der Waals surface area contributed by atoms with Crippen molar-refractivity contribution in [2.45, 2.75) is 19.3 Å². The van der Waals surface area contributed by atoms with Crippen LogP contribution in [0.3, 0.4) is 0 Å². The molecule has 0 atom stereocenters. The zero-order valence-corrected chi connectivity index (χ0v) is 15.7. The van der Waals surface area contributed by atoms with Crippen molar-refractivity contribution in [1.82, 2.24) is 9.80 Å². The molecule has 5 heteroatoms. The summed E-state index contributed by atoms with van der Waals surface area (Å²) in [4.78, 5) is 18.2. The molecule has 25 heavy (non-hydrogen) atoms. The molecule has 2 aromatic rings. The van der Waals surface area contributed by atoms with E-state index in [2.05, 4.69) is 51.8 Å². The molecule has 134 valence electrons. The van der Waals surface area contributed by atoms with Gasteiger partial charge in [0.2, 0.25) is 5.91 Å². The van der Waals surface area contributed by atoms with Crippen LogP contribution in [0.1, 0.15) is 19.3 Å². The predicted octanol–water partition coefficient (Wildman–Crippen LogP) is 3.77. The number of thiophene rings is 1. The van der Waals surface area contributed by atoms with Gasteiger partial charge in [-0.25, -0.2) is 0 Å². The second-order valence-corrected chi connectivity index (χ2v) is 7.65. The third kappa shape index (κ3) is 5.66. The number of nitrogens with one attached hydrogen (secondary N) is 1. The Morgan fingerprint density at radius 1 is 1.08 bits per heavy atom. The first-order valence-electron chi connectivity index (χ1n) is 9.05. The zero-order chi connectivity index (χ0) is 17.5. The van der Waals surface area contributed by atoms with Crippen molar-refractivity contribution in [3.63, 3.8) is 0 Å². The number of piperazine rings is 1. The molecule has 4 nitrogen and oxygen atoms in total. The summed E-state index contributed by atoms with van der Waals surface area (Å²) < 4.78 is 0. The lowest BCUT2D eigenvalue weighted by Gasteiger charge is -2.32. The minimum absolute atomic E-state index is 0.113. The van der Waals surface area contributed by atoms with Crippen LogP contribution in [0.15, 0.2) is 41.8 Å². The monoisotopic (exact) mass is 357 g/mol. The molecule has 1 amide bonds. The summed E-state index contributed by atoms with van der Waals surface area (Å²) in [6.45, 7) is 5.72. The SMILES string of the molecule is CN1CCN(CCCCC(=O)Nc2ccc(-c3cccs3)cc2)CC1. The Hall–Kier alpha value is -1.69. The van der Waals surface area contributed by atoms with Crippen molar-refractivity contribution in [3.8, 4) is 10.4 Å². The lowest BCUT2D eigenvalue weighted by Crippen LogP contribution is -2.44. The van der Waals surface area contributed by atoms with Gasteiger partial charge in [-0.05, 0) is 55.6 Å². The van der Waals surface area contributed by atoms with Crippen LogP contribution in [0, 0.1) is 0 Å². The number of hydrogen-bond acceptors (Lipinski definition) is 4. The number of carbonyl (C=O) groups is 1. The highest BCUT2D eigenvalue weighted by molar-refractivity contribution is 7.13. The first-order valence-corrected chi connectivity index (χ1v) is 9.93. The van der Waals surface area contributed by atoms with Crippen LogP contribution in [0.25, 0.3) is 10.4 Å². The average molecular weight is 358 g/mol. The van der Waals surface area contributed by atoms with Crippen LogP contribution in [0.5, 0.6) is 0 Å². The van der Waals surface area contributed by atoms with E-state index in [-0.39, 0.29) is 5.91 Å². The number of hydrogen-bond donors (Lipinski definition) is 1. The van der Waals surface area contributed by atoms with Crippen LogP contribution in [0.4, 0.5) is 5.69 Å². The maximum absolute atomic E-state index is 12.1. The van der Waals surface area contributed by atoms with Gasteiger partial charge in [-0.1, -0.05) is 18.2 Å². The first-order chi connectivity index (χ1) is 12.2. The molecule has 1 N–H and O–H groups in total. The molecule has 0 unspecified atom stereocenters. The molecule has 0 radical (unpaired) electrons. The van der Waals surface area contributed by atoms with E-state index < -0.39 is 0 Å². The summed E-state index contributed by atoms with van der Waals surface area (Å²) in [6.07, 6.45) is 2.64.